The molecule has 0 fully saturated rings. The van der Waals surface area contributed by atoms with Crippen LogP contribution in [0, 0.1) is 5.92 Å². The van der Waals surface area contributed by atoms with E-state index in [1.165, 1.54) is 16.8 Å². The second kappa shape index (κ2) is 7.13. The number of nitrogens with zero attached hydrogens (tertiary/aromatic N) is 1. The Bertz CT molecular complexity index is 565. The Labute approximate surface area is 124 Å². The number of esters is 1. The minimum absolute atomic E-state index is 0.0884. The van der Waals surface area contributed by atoms with E-state index in [-0.39, 0.29) is 16.5 Å². The summed E-state index contributed by atoms with van der Waals surface area (Å²) in [5, 5.41) is 0. The van der Waals surface area contributed by atoms with Crippen LogP contribution in [-0.2, 0) is 20.3 Å². The van der Waals surface area contributed by atoms with Gasteiger partial charge in [-0.1, -0.05) is 20.3 Å². The zero-order valence-electron chi connectivity index (χ0n) is 11.9. The summed E-state index contributed by atoms with van der Waals surface area (Å²) in [7, 11) is 1.44. The van der Waals surface area contributed by atoms with Gasteiger partial charge in [0.15, 0.2) is 0 Å². The summed E-state index contributed by atoms with van der Waals surface area (Å²) in [5.41, 5.74) is 0.204. The third-order valence-electron chi connectivity index (χ3n) is 2.98. The minimum atomic E-state index is -3.84. The van der Waals surface area contributed by atoms with E-state index >= 15 is 0 Å². The molecule has 0 aliphatic carbocycles. The average Bonchev–Trinajstić information content (AvgIpc) is 2.80. The van der Waals surface area contributed by atoms with Crippen molar-refractivity contribution < 1.29 is 17.9 Å². The highest BCUT2D eigenvalue weighted by Crippen LogP contribution is 2.19. The molecule has 20 heavy (non-hydrogen) atoms. The molecule has 114 valence electrons. The van der Waals surface area contributed by atoms with Crippen molar-refractivity contribution in [2.24, 2.45) is 5.92 Å². The van der Waals surface area contributed by atoms with Crippen LogP contribution < -0.4 is 0 Å². The van der Waals surface area contributed by atoms with Crippen LogP contribution in [0.4, 0.5) is 0 Å². The molecule has 5 nitrogen and oxygen atoms in total. The van der Waals surface area contributed by atoms with Gasteiger partial charge < -0.3 is 9.30 Å². The molecule has 0 aliphatic rings. The minimum Gasteiger partial charge on any atom is -0.461 e. The van der Waals surface area contributed by atoms with Gasteiger partial charge in [0.2, 0.25) is 0 Å². The van der Waals surface area contributed by atoms with E-state index in [0.29, 0.717) is 13.2 Å². The monoisotopic (exact) mass is 321 g/mol. The third-order valence-corrected chi connectivity index (χ3v) is 4.30. The molecule has 1 aromatic heterocycles. The zero-order chi connectivity index (χ0) is 15.3. The Morgan fingerprint density at radius 2 is 2.10 bits per heavy atom. The predicted molar refractivity (Wildman–Crippen MR) is 77.5 cm³/mol. The third kappa shape index (κ3) is 4.52. The first-order chi connectivity index (χ1) is 9.29. The molecule has 0 spiro atoms. The summed E-state index contributed by atoms with van der Waals surface area (Å²) in [4.78, 5) is 11.9. The first-order valence-electron chi connectivity index (χ1n) is 6.61. The van der Waals surface area contributed by atoms with Gasteiger partial charge >= 0.3 is 5.97 Å². The number of hydrogen-bond donors (Lipinski definition) is 0. The molecule has 0 bridgehead atoms. The fraction of sp³-hybridized carbons (Fsp3) is 0.615. The van der Waals surface area contributed by atoms with E-state index in [1.54, 1.807) is 6.92 Å². The average molecular weight is 322 g/mol. The molecule has 1 unspecified atom stereocenters. The lowest BCUT2D eigenvalue weighted by atomic mass is 10.1. The highest BCUT2D eigenvalue weighted by Gasteiger charge is 2.20. The van der Waals surface area contributed by atoms with E-state index in [2.05, 4.69) is 6.92 Å². The Balaban J connectivity index is 2.85. The molecular weight excluding hydrogens is 302 g/mol. The molecule has 0 N–H and O–H groups in total. The SMILES string of the molecule is CCCC(C)COC(=O)c1cc(S(=O)(=O)Cl)cn1CC. The lowest BCUT2D eigenvalue weighted by Gasteiger charge is -2.11. The number of aromatic nitrogens is 1. The summed E-state index contributed by atoms with van der Waals surface area (Å²) in [6.07, 6.45) is 3.34. The largest absolute Gasteiger partial charge is 0.461 e. The molecular formula is C13H20ClNO4S. The maximum atomic E-state index is 12.0. The fourth-order valence-electron chi connectivity index (χ4n) is 1.92. The van der Waals surface area contributed by atoms with Crippen LogP contribution in [0.2, 0.25) is 0 Å². The van der Waals surface area contributed by atoms with Gasteiger partial charge in [-0.3, -0.25) is 0 Å². The number of ether oxygens (including phenoxy) is 1. The Morgan fingerprint density at radius 1 is 1.45 bits per heavy atom. The summed E-state index contributed by atoms with van der Waals surface area (Å²) < 4.78 is 29.3. The maximum absolute atomic E-state index is 12.0. The Hall–Kier alpha value is -1.01. The summed E-state index contributed by atoms with van der Waals surface area (Å²) in [6.45, 7) is 6.66. The van der Waals surface area contributed by atoms with Gasteiger partial charge in [-0.05, 0) is 25.3 Å². The molecule has 1 rings (SSSR count). The number of halogens is 1. The smallest absolute Gasteiger partial charge is 0.354 e. The predicted octanol–water partition coefficient (Wildman–Crippen LogP) is 3.03. The number of carbonyl (C=O) groups is 1. The zero-order valence-corrected chi connectivity index (χ0v) is 13.5. The fourth-order valence-corrected chi connectivity index (χ4v) is 2.68. The normalized spacial score (nSPS) is 13.2. The molecule has 1 heterocycles. The molecule has 0 aliphatic heterocycles. The lowest BCUT2D eigenvalue weighted by Crippen LogP contribution is -2.15. The molecule has 0 radical (unpaired) electrons. The standard InChI is InChI=1S/C13H20ClNO4S/c1-4-6-10(3)9-19-13(16)12-7-11(20(14,17)18)8-15(12)5-2/h7-8,10H,4-6,9H2,1-3H3. The second-order valence-corrected chi connectivity index (χ2v) is 7.34. The van der Waals surface area contributed by atoms with Crippen LogP contribution in [0.15, 0.2) is 17.2 Å². The van der Waals surface area contributed by atoms with Crippen molar-refractivity contribution in [3.05, 3.63) is 18.0 Å². The number of hydrogen-bond acceptors (Lipinski definition) is 4. The van der Waals surface area contributed by atoms with Gasteiger partial charge in [0, 0.05) is 23.4 Å². The van der Waals surface area contributed by atoms with E-state index in [9.17, 15) is 13.2 Å². The van der Waals surface area contributed by atoms with Gasteiger partial charge in [-0.15, -0.1) is 0 Å². The molecule has 0 saturated heterocycles. The summed E-state index contributed by atoms with van der Waals surface area (Å²) in [6, 6.07) is 1.25. The van der Waals surface area contributed by atoms with Gasteiger partial charge in [-0.25, -0.2) is 13.2 Å². The molecule has 0 amide bonds. The quantitative estimate of drug-likeness (QED) is 0.572. The lowest BCUT2D eigenvalue weighted by molar-refractivity contribution is 0.0431. The van der Waals surface area contributed by atoms with Crippen molar-refractivity contribution in [2.45, 2.75) is 45.1 Å². The van der Waals surface area contributed by atoms with E-state index in [1.807, 2.05) is 6.92 Å². The van der Waals surface area contributed by atoms with Crippen LogP contribution >= 0.6 is 10.7 Å². The van der Waals surface area contributed by atoms with Crippen molar-refractivity contribution >= 4 is 25.7 Å². The highest BCUT2D eigenvalue weighted by molar-refractivity contribution is 8.13. The Morgan fingerprint density at radius 3 is 2.60 bits per heavy atom. The van der Waals surface area contributed by atoms with Crippen molar-refractivity contribution in [3.63, 3.8) is 0 Å². The first-order valence-corrected chi connectivity index (χ1v) is 8.92. The van der Waals surface area contributed by atoms with Crippen LogP contribution in [0.5, 0.6) is 0 Å². The van der Waals surface area contributed by atoms with E-state index in [4.69, 9.17) is 15.4 Å². The van der Waals surface area contributed by atoms with Gasteiger partial charge in [-0.2, -0.15) is 0 Å². The van der Waals surface area contributed by atoms with Crippen molar-refractivity contribution in [1.82, 2.24) is 4.57 Å². The number of aryl methyl sites for hydroxylation is 1. The molecule has 1 aromatic rings. The second-order valence-electron chi connectivity index (χ2n) is 4.78. The Kier molecular flexibility index (Phi) is 6.07. The highest BCUT2D eigenvalue weighted by atomic mass is 35.7. The van der Waals surface area contributed by atoms with E-state index < -0.39 is 15.0 Å². The maximum Gasteiger partial charge on any atom is 0.354 e. The van der Waals surface area contributed by atoms with Gasteiger partial charge in [0.05, 0.1) is 6.61 Å². The van der Waals surface area contributed by atoms with Crippen LogP contribution in [0.3, 0.4) is 0 Å². The summed E-state index contributed by atoms with van der Waals surface area (Å²) >= 11 is 0. The topological polar surface area (TPSA) is 65.4 Å². The molecule has 0 saturated carbocycles. The molecule has 7 heteroatoms. The van der Waals surface area contributed by atoms with Crippen molar-refractivity contribution in [1.29, 1.82) is 0 Å². The summed E-state index contributed by atoms with van der Waals surface area (Å²) in [5.74, 6) is -0.244. The van der Waals surface area contributed by atoms with Crippen LogP contribution in [0.1, 0.15) is 44.1 Å². The number of rotatable bonds is 7. The van der Waals surface area contributed by atoms with Gasteiger partial charge in [0.25, 0.3) is 9.05 Å². The molecule has 0 aromatic carbocycles. The van der Waals surface area contributed by atoms with Crippen LogP contribution in [0.25, 0.3) is 0 Å². The van der Waals surface area contributed by atoms with E-state index in [0.717, 1.165) is 12.8 Å². The van der Waals surface area contributed by atoms with Crippen molar-refractivity contribution in [2.75, 3.05) is 6.61 Å². The van der Waals surface area contributed by atoms with Crippen LogP contribution in [-0.4, -0.2) is 25.6 Å². The first kappa shape index (κ1) is 17.0. The number of carbonyl (C=O) groups excluding carboxylic acids is 1. The molecule has 1 atom stereocenters. The van der Waals surface area contributed by atoms with Gasteiger partial charge in [0.1, 0.15) is 10.6 Å². The van der Waals surface area contributed by atoms with Crippen molar-refractivity contribution in [3.8, 4) is 0 Å².